The number of benzene rings is 3. The summed E-state index contributed by atoms with van der Waals surface area (Å²) in [4.78, 5) is 37.7. The average molecular weight is 463 g/mol. The molecule has 3 aromatic carbocycles. The molecule has 0 aromatic heterocycles. The van der Waals surface area contributed by atoms with Gasteiger partial charge in [0.2, 0.25) is 5.91 Å². The molecule has 33 heavy (non-hydrogen) atoms. The van der Waals surface area contributed by atoms with E-state index in [9.17, 15) is 19.5 Å². The van der Waals surface area contributed by atoms with E-state index < -0.39 is 11.9 Å². The Bertz CT molecular complexity index is 1190. The molecule has 2 amide bonds. The third-order valence-electron chi connectivity index (χ3n) is 5.16. The number of anilines is 2. The van der Waals surface area contributed by atoms with Crippen LogP contribution in [0.2, 0.25) is 0 Å². The lowest BCUT2D eigenvalue weighted by atomic mass is 10.1. The zero-order chi connectivity index (χ0) is 24.0. The van der Waals surface area contributed by atoms with Gasteiger partial charge < -0.3 is 15.7 Å². The molecule has 0 aliphatic carbocycles. The Morgan fingerprint density at radius 1 is 0.939 bits per heavy atom. The van der Waals surface area contributed by atoms with Crippen molar-refractivity contribution in [3.8, 4) is 0 Å². The fourth-order valence-electron chi connectivity index (χ4n) is 3.40. The molecule has 0 aliphatic rings. The monoisotopic (exact) mass is 462 g/mol. The summed E-state index contributed by atoms with van der Waals surface area (Å²) in [5.41, 5.74) is 3.51. The number of para-hydroxylation sites is 1. The Hall–Kier alpha value is -3.58. The highest BCUT2D eigenvalue weighted by Gasteiger charge is 2.18. The van der Waals surface area contributed by atoms with E-state index in [4.69, 9.17) is 0 Å². The Kier molecular flexibility index (Phi) is 7.90. The Morgan fingerprint density at radius 2 is 1.64 bits per heavy atom. The largest absolute Gasteiger partial charge is 0.478 e. The van der Waals surface area contributed by atoms with Gasteiger partial charge in [0, 0.05) is 16.3 Å². The number of thioether (sulfide) groups is 1. The van der Waals surface area contributed by atoms with E-state index in [1.807, 2.05) is 38.1 Å². The quantitative estimate of drug-likeness (QED) is 0.377. The number of carbonyl (C=O) groups is 3. The lowest BCUT2D eigenvalue weighted by Gasteiger charge is -2.16. The predicted octanol–water partition coefficient (Wildman–Crippen LogP) is 5.63. The van der Waals surface area contributed by atoms with Gasteiger partial charge in [-0.2, -0.15) is 0 Å². The zero-order valence-electron chi connectivity index (χ0n) is 18.7. The normalized spacial score (nSPS) is 11.5. The fourth-order valence-corrected chi connectivity index (χ4v) is 4.32. The molecule has 1 atom stereocenters. The van der Waals surface area contributed by atoms with E-state index >= 15 is 0 Å². The maximum absolute atomic E-state index is 12.8. The number of rotatable bonds is 8. The van der Waals surface area contributed by atoms with E-state index in [0.29, 0.717) is 5.69 Å². The molecule has 170 valence electrons. The van der Waals surface area contributed by atoms with Gasteiger partial charge in [-0.15, -0.1) is 11.8 Å². The topological polar surface area (TPSA) is 95.5 Å². The second-order valence-corrected chi connectivity index (χ2v) is 8.96. The molecule has 0 spiro atoms. The number of aromatic carboxylic acids is 1. The zero-order valence-corrected chi connectivity index (χ0v) is 19.5. The summed E-state index contributed by atoms with van der Waals surface area (Å²) in [7, 11) is 0. The predicted molar refractivity (Wildman–Crippen MR) is 132 cm³/mol. The van der Waals surface area contributed by atoms with Crippen molar-refractivity contribution in [1.82, 2.24) is 0 Å². The number of aryl methyl sites for hydroxylation is 2. The summed E-state index contributed by atoms with van der Waals surface area (Å²) in [6.45, 7) is 5.86. The summed E-state index contributed by atoms with van der Waals surface area (Å²) in [5.74, 6) is -1.77. The average Bonchev–Trinajstić information content (AvgIpc) is 2.80. The van der Waals surface area contributed by atoms with Gasteiger partial charge in [-0.3, -0.25) is 9.59 Å². The Balaban J connectivity index is 1.69. The maximum atomic E-state index is 12.8. The molecule has 0 bridgehead atoms. The minimum atomic E-state index is -1.16. The van der Waals surface area contributed by atoms with Crippen LogP contribution >= 0.6 is 11.8 Å². The molecular weight excluding hydrogens is 436 g/mol. The Morgan fingerprint density at radius 3 is 2.33 bits per heavy atom. The van der Waals surface area contributed by atoms with Gasteiger partial charge in [0.25, 0.3) is 5.91 Å². The molecular formula is C26H26N2O4S. The van der Waals surface area contributed by atoms with Crippen molar-refractivity contribution >= 4 is 40.9 Å². The first kappa shape index (κ1) is 24.1. The molecule has 0 radical (unpaired) electrons. The van der Waals surface area contributed by atoms with Gasteiger partial charge in [-0.05, 0) is 61.7 Å². The van der Waals surface area contributed by atoms with Crippen LogP contribution in [0.15, 0.2) is 71.6 Å². The highest BCUT2D eigenvalue weighted by Crippen LogP contribution is 2.28. The number of amides is 2. The van der Waals surface area contributed by atoms with Crippen LogP contribution in [-0.2, 0) is 11.2 Å². The van der Waals surface area contributed by atoms with E-state index in [-0.39, 0.29) is 22.3 Å². The number of nitrogens with one attached hydrogen (secondary N) is 2. The van der Waals surface area contributed by atoms with Crippen molar-refractivity contribution in [2.45, 2.75) is 37.3 Å². The van der Waals surface area contributed by atoms with Crippen molar-refractivity contribution < 1.29 is 19.5 Å². The smallest absolute Gasteiger partial charge is 0.336 e. The summed E-state index contributed by atoms with van der Waals surface area (Å²) in [5, 5.41) is 14.7. The van der Waals surface area contributed by atoms with Crippen LogP contribution in [-0.4, -0.2) is 28.1 Å². The van der Waals surface area contributed by atoms with Crippen LogP contribution < -0.4 is 10.6 Å². The number of carbonyl (C=O) groups excluding carboxylic acids is 2. The molecule has 0 heterocycles. The van der Waals surface area contributed by atoms with E-state index in [1.54, 1.807) is 30.3 Å². The van der Waals surface area contributed by atoms with Crippen LogP contribution in [0.25, 0.3) is 0 Å². The summed E-state index contributed by atoms with van der Waals surface area (Å²) >= 11 is 1.38. The first-order valence-electron chi connectivity index (χ1n) is 10.6. The number of hydrogen-bond acceptors (Lipinski definition) is 4. The number of carboxylic acid groups (broad SMARTS) is 1. The summed E-state index contributed by atoms with van der Waals surface area (Å²) < 4.78 is 0. The third-order valence-corrected chi connectivity index (χ3v) is 6.26. The van der Waals surface area contributed by atoms with Crippen molar-refractivity contribution in [3.05, 3.63) is 89.0 Å². The molecule has 1 unspecified atom stereocenters. The SMILES string of the molecule is CCc1cccc(C)c1NC(=O)C(C)Sc1cccc(NC(=O)c2ccccc2C(=O)O)c1. The molecule has 0 fully saturated rings. The summed E-state index contributed by atoms with van der Waals surface area (Å²) in [6, 6.07) is 19.1. The van der Waals surface area contributed by atoms with Crippen molar-refractivity contribution in [1.29, 1.82) is 0 Å². The van der Waals surface area contributed by atoms with Gasteiger partial charge in [-0.1, -0.05) is 43.3 Å². The molecule has 0 saturated heterocycles. The van der Waals surface area contributed by atoms with E-state index in [2.05, 4.69) is 17.6 Å². The van der Waals surface area contributed by atoms with Gasteiger partial charge >= 0.3 is 5.97 Å². The first-order valence-corrected chi connectivity index (χ1v) is 11.5. The second kappa shape index (κ2) is 10.8. The first-order chi connectivity index (χ1) is 15.8. The fraction of sp³-hybridized carbons (Fsp3) is 0.192. The van der Waals surface area contributed by atoms with Gasteiger partial charge in [0.05, 0.1) is 16.4 Å². The standard InChI is InChI=1S/C26H26N2O4S/c1-4-18-10-7-9-16(2)23(18)28-24(29)17(3)33-20-12-8-11-19(15-20)27-25(30)21-13-5-6-14-22(21)26(31)32/h5-15,17H,4H2,1-3H3,(H,27,30)(H,28,29)(H,31,32). The molecule has 0 aliphatic heterocycles. The molecule has 7 heteroatoms. The van der Waals surface area contributed by atoms with Gasteiger partial charge in [0.1, 0.15) is 0 Å². The summed E-state index contributed by atoms with van der Waals surface area (Å²) in [6.07, 6.45) is 0.825. The molecule has 3 rings (SSSR count). The van der Waals surface area contributed by atoms with Crippen LogP contribution in [0.3, 0.4) is 0 Å². The Labute approximate surface area is 197 Å². The minimum absolute atomic E-state index is 0.0616. The highest BCUT2D eigenvalue weighted by atomic mass is 32.2. The van der Waals surface area contributed by atoms with E-state index in [0.717, 1.165) is 28.1 Å². The lowest BCUT2D eigenvalue weighted by molar-refractivity contribution is -0.115. The third kappa shape index (κ3) is 6.02. The van der Waals surface area contributed by atoms with Crippen molar-refractivity contribution in [2.24, 2.45) is 0 Å². The molecule has 6 nitrogen and oxygen atoms in total. The highest BCUT2D eigenvalue weighted by molar-refractivity contribution is 8.00. The van der Waals surface area contributed by atoms with Crippen LogP contribution in [0.1, 0.15) is 45.7 Å². The van der Waals surface area contributed by atoms with Crippen LogP contribution in [0.4, 0.5) is 11.4 Å². The van der Waals surface area contributed by atoms with Crippen molar-refractivity contribution in [3.63, 3.8) is 0 Å². The number of hydrogen-bond donors (Lipinski definition) is 3. The van der Waals surface area contributed by atoms with Gasteiger partial charge in [0.15, 0.2) is 0 Å². The van der Waals surface area contributed by atoms with Crippen LogP contribution in [0, 0.1) is 6.92 Å². The van der Waals surface area contributed by atoms with E-state index in [1.165, 1.54) is 23.9 Å². The van der Waals surface area contributed by atoms with Crippen molar-refractivity contribution in [2.75, 3.05) is 10.6 Å². The number of carboxylic acids is 1. The molecule has 0 saturated carbocycles. The molecule has 3 N–H and O–H groups in total. The minimum Gasteiger partial charge on any atom is -0.478 e. The van der Waals surface area contributed by atoms with Gasteiger partial charge in [-0.25, -0.2) is 4.79 Å². The lowest BCUT2D eigenvalue weighted by Crippen LogP contribution is -2.23. The second-order valence-electron chi connectivity index (χ2n) is 7.54. The maximum Gasteiger partial charge on any atom is 0.336 e. The molecule has 3 aromatic rings. The van der Waals surface area contributed by atoms with Crippen LogP contribution in [0.5, 0.6) is 0 Å².